The van der Waals surface area contributed by atoms with Crippen molar-refractivity contribution >= 4 is 5.91 Å². The molecule has 3 rings (SSSR count). The van der Waals surface area contributed by atoms with Gasteiger partial charge in [-0.15, -0.1) is 0 Å². The van der Waals surface area contributed by atoms with Crippen molar-refractivity contribution in [2.75, 3.05) is 6.54 Å². The van der Waals surface area contributed by atoms with Crippen LogP contribution in [0.2, 0.25) is 0 Å². The Kier molecular flexibility index (Phi) is 6.83. The van der Waals surface area contributed by atoms with Crippen LogP contribution in [-0.2, 0) is 19.3 Å². The lowest BCUT2D eigenvalue weighted by Gasteiger charge is -2.25. The van der Waals surface area contributed by atoms with Crippen LogP contribution >= 0.6 is 0 Å². The summed E-state index contributed by atoms with van der Waals surface area (Å²) >= 11 is 0. The molecule has 0 radical (unpaired) electrons. The number of benzene rings is 2. The summed E-state index contributed by atoms with van der Waals surface area (Å²) in [4.78, 5) is 19.2. The van der Waals surface area contributed by atoms with E-state index in [0.717, 1.165) is 17.7 Å². The van der Waals surface area contributed by atoms with Crippen molar-refractivity contribution in [1.29, 1.82) is 0 Å². The van der Waals surface area contributed by atoms with Crippen LogP contribution < -0.4 is 0 Å². The molecule has 0 N–H and O–H groups in total. The average Bonchev–Trinajstić information content (AvgIpc) is 3.13. The number of hydrogen-bond donors (Lipinski definition) is 0. The normalized spacial score (nSPS) is 11.7. The Morgan fingerprint density at radius 3 is 2.48 bits per heavy atom. The fraction of sp³-hybridized carbons (Fsp3) is 0.333. The molecule has 0 aliphatic heterocycles. The van der Waals surface area contributed by atoms with Gasteiger partial charge in [0, 0.05) is 31.0 Å². The zero-order valence-corrected chi connectivity index (χ0v) is 17.9. The van der Waals surface area contributed by atoms with E-state index in [2.05, 4.69) is 4.98 Å². The number of alkyl halides is 3. The molecule has 0 bridgehead atoms. The van der Waals surface area contributed by atoms with E-state index in [1.165, 1.54) is 6.07 Å². The summed E-state index contributed by atoms with van der Waals surface area (Å²) in [5.41, 5.74) is 1.52. The Morgan fingerprint density at radius 1 is 1.13 bits per heavy atom. The third-order valence-corrected chi connectivity index (χ3v) is 4.91. The molecular weight excluding hydrogens is 403 g/mol. The van der Waals surface area contributed by atoms with Crippen LogP contribution in [0, 0.1) is 12.8 Å². The fourth-order valence-corrected chi connectivity index (χ4v) is 3.39. The molecular formula is C24H26F3N3O. The van der Waals surface area contributed by atoms with Gasteiger partial charge in [-0.05, 0) is 42.7 Å². The second kappa shape index (κ2) is 9.37. The molecule has 0 atom stereocenters. The van der Waals surface area contributed by atoms with Gasteiger partial charge in [0.2, 0.25) is 0 Å². The molecule has 31 heavy (non-hydrogen) atoms. The van der Waals surface area contributed by atoms with E-state index in [9.17, 15) is 18.0 Å². The number of carbonyl (C=O) groups is 1. The van der Waals surface area contributed by atoms with Gasteiger partial charge < -0.3 is 9.47 Å². The van der Waals surface area contributed by atoms with Crippen molar-refractivity contribution in [2.24, 2.45) is 5.92 Å². The van der Waals surface area contributed by atoms with Gasteiger partial charge in [-0.3, -0.25) is 4.79 Å². The molecule has 0 aliphatic carbocycles. The number of aryl methyl sites for hydroxylation is 1. The van der Waals surface area contributed by atoms with Gasteiger partial charge in [-0.25, -0.2) is 4.98 Å². The summed E-state index contributed by atoms with van der Waals surface area (Å²) in [6.45, 7) is 7.09. The molecule has 0 aliphatic rings. The van der Waals surface area contributed by atoms with Gasteiger partial charge in [0.05, 0.1) is 12.1 Å². The van der Waals surface area contributed by atoms with Crippen molar-refractivity contribution in [1.82, 2.24) is 14.5 Å². The smallest absolute Gasteiger partial charge is 0.331 e. The molecule has 0 saturated carbocycles. The number of nitrogens with zero attached hydrogens (tertiary/aromatic N) is 3. The molecule has 164 valence electrons. The fourth-order valence-electron chi connectivity index (χ4n) is 3.39. The highest BCUT2D eigenvalue weighted by atomic mass is 19.4. The average molecular weight is 429 g/mol. The van der Waals surface area contributed by atoms with Crippen molar-refractivity contribution in [3.63, 3.8) is 0 Å². The highest BCUT2D eigenvalue weighted by Gasteiger charge is 2.30. The number of halogens is 3. The van der Waals surface area contributed by atoms with Crippen molar-refractivity contribution in [2.45, 2.75) is 40.0 Å². The van der Waals surface area contributed by atoms with E-state index in [0.29, 0.717) is 23.5 Å². The van der Waals surface area contributed by atoms with Crippen LogP contribution in [0.25, 0.3) is 0 Å². The molecule has 0 spiro atoms. The first-order valence-corrected chi connectivity index (χ1v) is 10.2. The van der Waals surface area contributed by atoms with Crippen LogP contribution in [-0.4, -0.2) is 26.9 Å². The molecule has 1 amide bonds. The minimum absolute atomic E-state index is 0.0951. The van der Waals surface area contributed by atoms with Gasteiger partial charge in [0.25, 0.3) is 5.91 Å². The summed E-state index contributed by atoms with van der Waals surface area (Å²) in [6, 6.07) is 12.7. The van der Waals surface area contributed by atoms with E-state index in [4.69, 9.17) is 0 Å². The maximum absolute atomic E-state index is 13.1. The molecule has 1 aromatic heterocycles. The molecule has 0 unspecified atom stereocenters. The molecule has 0 fully saturated rings. The number of imidazole rings is 1. The number of amides is 1. The lowest BCUT2D eigenvalue weighted by atomic mass is 10.1. The highest BCUT2D eigenvalue weighted by molar-refractivity contribution is 5.94. The Bertz CT molecular complexity index is 1020. The Balaban J connectivity index is 1.82. The minimum Gasteiger partial charge on any atom is -0.331 e. The van der Waals surface area contributed by atoms with Gasteiger partial charge in [-0.1, -0.05) is 43.7 Å². The monoisotopic (exact) mass is 429 g/mol. The molecule has 3 aromatic rings. The number of hydrogen-bond acceptors (Lipinski definition) is 2. The van der Waals surface area contributed by atoms with Crippen LogP contribution in [0.4, 0.5) is 13.2 Å². The summed E-state index contributed by atoms with van der Waals surface area (Å²) in [5, 5.41) is 0. The predicted octanol–water partition coefficient (Wildman–Crippen LogP) is 5.56. The standard InChI is InChI=1S/C24H26F3N3O/c1-17(2)14-30(23(31)20-9-7-18(3)8-10-20)16-22-28-11-12-29(22)15-19-5-4-6-21(13-19)24(25,26)27/h4-13,17H,14-16H2,1-3H3. The number of carbonyl (C=O) groups excluding carboxylic acids is 1. The molecule has 2 aromatic carbocycles. The van der Waals surface area contributed by atoms with Crippen LogP contribution in [0.5, 0.6) is 0 Å². The summed E-state index contributed by atoms with van der Waals surface area (Å²) < 4.78 is 40.9. The van der Waals surface area contributed by atoms with Crippen molar-refractivity contribution < 1.29 is 18.0 Å². The largest absolute Gasteiger partial charge is 0.416 e. The lowest BCUT2D eigenvalue weighted by Crippen LogP contribution is -2.34. The van der Waals surface area contributed by atoms with Gasteiger partial charge in [0.1, 0.15) is 5.82 Å². The first-order valence-electron chi connectivity index (χ1n) is 10.2. The van der Waals surface area contributed by atoms with Crippen molar-refractivity contribution in [3.8, 4) is 0 Å². The van der Waals surface area contributed by atoms with Gasteiger partial charge >= 0.3 is 6.18 Å². The number of aromatic nitrogens is 2. The first kappa shape index (κ1) is 22.6. The Labute approximate surface area is 180 Å². The van der Waals surface area contributed by atoms with Gasteiger partial charge in [0.15, 0.2) is 0 Å². The Morgan fingerprint density at radius 2 is 1.84 bits per heavy atom. The van der Waals surface area contributed by atoms with Crippen molar-refractivity contribution in [3.05, 3.63) is 89.0 Å². The SMILES string of the molecule is Cc1ccc(C(=O)N(Cc2nccn2Cc2cccc(C(F)(F)F)c2)CC(C)C)cc1. The second-order valence-corrected chi connectivity index (χ2v) is 8.12. The van der Waals surface area contributed by atoms with Crippen LogP contribution in [0.15, 0.2) is 60.9 Å². The quantitative estimate of drug-likeness (QED) is 0.493. The predicted molar refractivity (Wildman–Crippen MR) is 114 cm³/mol. The number of rotatable bonds is 7. The third kappa shape index (κ3) is 5.96. The molecule has 0 saturated heterocycles. The third-order valence-electron chi connectivity index (χ3n) is 4.91. The van der Waals surface area contributed by atoms with Crippen LogP contribution in [0.3, 0.4) is 0 Å². The summed E-state index contributed by atoms with van der Waals surface area (Å²) in [7, 11) is 0. The zero-order chi connectivity index (χ0) is 22.6. The molecule has 1 heterocycles. The maximum Gasteiger partial charge on any atom is 0.416 e. The summed E-state index contributed by atoms with van der Waals surface area (Å²) in [6.07, 6.45) is -1.06. The van der Waals surface area contributed by atoms with E-state index in [1.54, 1.807) is 40.1 Å². The summed E-state index contributed by atoms with van der Waals surface area (Å²) in [5.74, 6) is 0.780. The zero-order valence-electron chi connectivity index (χ0n) is 17.9. The van der Waals surface area contributed by atoms with Gasteiger partial charge in [-0.2, -0.15) is 13.2 Å². The second-order valence-electron chi connectivity index (χ2n) is 8.12. The van der Waals surface area contributed by atoms with E-state index >= 15 is 0 Å². The topological polar surface area (TPSA) is 38.1 Å². The van der Waals surface area contributed by atoms with E-state index in [-0.39, 0.29) is 24.9 Å². The Hall–Kier alpha value is -3.09. The minimum atomic E-state index is -4.39. The van der Waals surface area contributed by atoms with Crippen LogP contribution in [0.1, 0.15) is 46.7 Å². The molecule has 4 nitrogen and oxygen atoms in total. The maximum atomic E-state index is 13.1. The van der Waals surface area contributed by atoms with E-state index < -0.39 is 11.7 Å². The highest BCUT2D eigenvalue weighted by Crippen LogP contribution is 2.29. The van der Waals surface area contributed by atoms with E-state index in [1.807, 2.05) is 32.9 Å². The molecule has 7 heteroatoms. The first-order chi connectivity index (χ1) is 14.6. The lowest BCUT2D eigenvalue weighted by molar-refractivity contribution is -0.137.